The summed E-state index contributed by atoms with van der Waals surface area (Å²) in [6, 6.07) is 8.19. The Morgan fingerprint density at radius 1 is 1.39 bits per heavy atom. The summed E-state index contributed by atoms with van der Waals surface area (Å²) in [6.45, 7) is 2.94. The first-order valence-corrected chi connectivity index (χ1v) is 7.47. The van der Waals surface area contributed by atoms with E-state index in [1.807, 2.05) is 4.81 Å². The molecule has 1 saturated heterocycles. The van der Waals surface area contributed by atoms with Crippen molar-refractivity contribution >= 4 is 17.1 Å². The van der Waals surface area contributed by atoms with Crippen LogP contribution in [0, 0.1) is 0 Å². The van der Waals surface area contributed by atoms with E-state index < -0.39 is 17.1 Å². The summed E-state index contributed by atoms with van der Waals surface area (Å²) in [6.07, 6.45) is 0.719. The Morgan fingerprint density at radius 3 is 2.61 bits per heavy atom. The van der Waals surface area contributed by atoms with Gasteiger partial charge in [-0.2, -0.15) is 0 Å². The standard InChI is InChI=1S/C11H17BN2O3S/c1-12(15)14-8-7-10(9-14)13-18(16,17)11-5-3-2-4-6-11/h2-6,10,13,15H,7-9H2,1H3/t10-/m1/s1. The maximum absolute atomic E-state index is 12.1. The predicted octanol–water partition coefficient (Wildman–Crippen LogP) is 0.149. The van der Waals surface area contributed by atoms with E-state index in [0.717, 1.165) is 6.42 Å². The zero-order chi connectivity index (χ0) is 13.2. The summed E-state index contributed by atoms with van der Waals surface area (Å²) >= 11 is 0. The van der Waals surface area contributed by atoms with Crippen LogP contribution in [-0.4, -0.2) is 44.4 Å². The molecule has 0 aliphatic carbocycles. The van der Waals surface area contributed by atoms with Gasteiger partial charge in [-0.1, -0.05) is 18.2 Å². The second kappa shape index (κ2) is 5.40. The maximum Gasteiger partial charge on any atom is 0.376 e. The molecule has 1 aromatic rings. The largest absolute Gasteiger partial charge is 0.437 e. The first-order valence-electron chi connectivity index (χ1n) is 5.98. The number of hydrogen-bond donors (Lipinski definition) is 2. The van der Waals surface area contributed by atoms with Gasteiger partial charge in [0.25, 0.3) is 0 Å². The lowest BCUT2D eigenvalue weighted by molar-refractivity contribution is 0.417. The molecule has 0 spiro atoms. The number of nitrogens with one attached hydrogen (secondary N) is 1. The smallest absolute Gasteiger partial charge is 0.376 e. The Bertz CT molecular complexity index is 492. The summed E-state index contributed by atoms with van der Waals surface area (Å²) < 4.78 is 26.8. The van der Waals surface area contributed by atoms with E-state index in [9.17, 15) is 13.4 Å². The Labute approximate surface area is 108 Å². The summed E-state index contributed by atoms with van der Waals surface area (Å²) in [5.41, 5.74) is 0. The van der Waals surface area contributed by atoms with Crippen LogP contribution in [0.4, 0.5) is 0 Å². The van der Waals surface area contributed by atoms with E-state index in [1.54, 1.807) is 37.2 Å². The van der Waals surface area contributed by atoms with E-state index in [-0.39, 0.29) is 10.9 Å². The first-order chi connectivity index (χ1) is 8.49. The number of hydrogen-bond acceptors (Lipinski definition) is 4. The SMILES string of the molecule is CB(O)N1CC[C@@H](NS(=O)(=O)c2ccccc2)C1. The van der Waals surface area contributed by atoms with Crippen molar-refractivity contribution in [2.75, 3.05) is 13.1 Å². The van der Waals surface area contributed by atoms with Crippen molar-refractivity contribution in [2.24, 2.45) is 0 Å². The summed E-state index contributed by atoms with van der Waals surface area (Å²) in [5.74, 6) is 0. The fourth-order valence-corrected chi connectivity index (χ4v) is 3.39. The van der Waals surface area contributed by atoms with Crippen LogP contribution >= 0.6 is 0 Å². The molecule has 0 bridgehead atoms. The van der Waals surface area contributed by atoms with Gasteiger partial charge in [-0.15, -0.1) is 0 Å². The highest BCUT2D eigenvalue weighted by Crippen LogP contribution is 2.14. The number of nitrogens with zero attached hydrogens (tertiary/aromatic N) is 1. The molecule has 0 radical (unpaired) electrons. The van der Waals surface area contributed by atoms with Crippen molar-refractivity contribution in [1.82, 2.24) is 9.53 Å². The highest BCUT2D eigenvalue weighted by molar-refractivity contribution is 7.89. The summed E-state index contributed by atoms with van der Waals surface area (Å²) in [5, 5.41) is 9.43. The van der Waals surface area contributed by atoms with Crippen LogP contribution in [0.2, 0.25) is 6.82 Å². The minimum atomic E-state index is -3.45. The van der Waals surface area contributed by atoms with Crippen LogP contribution in [0.1, 0.15) is 6.42 Å². The molecule has 7 heteroatoms. The van der Waals surface area contributed by atoms with Crippen LogP contribution in [0.3, 0.4) is 0 Å². The highest BCUT2D eigenvalue weighted by Gasteiger charge is 2.30. The average molecular weight is 268 g/mol. The van der Waals surface area contributed by atoms with Gasteiger partial charge in [0.15, 0.2) is 0 Å². The molecule has 2 rings (SSSR count). The van der Waals surface area contributed by atoms with Crippen LogP contribution in [0.25, 0.3) is 0 Å². The van der Waals surface area contributed by atoms with E-state index in [4.69, 9.17) is 0 Å². The van der Waals surface area contributed by atoms with Crippen LogP contribution in [0.15, 0.2) is 35.2 Å². The molecule has 1 atom stereocenters. The van der Waals surface area contributed by atoms with Crippen molar-refractivity contribution in [1.29, 1.82) is 0 Å². The molecule has 1 fully saturated rings. The van der Waals surface area contributed by atoms with Crippen molar-refractivity contribution in [3.05, 3.63) is 30.3 Å². The van der Waals surface area contributed by atoms with Crippen LogP contribution < -0.4 is 4.72 Å². The van der Waals surface area contributed by atoms with Gasteiger partial charge in [0.05, 0.1) is 4.90 Å². The van der Waals surface area contributed by atoms with Crippen molar-refractivity contribution < 1.29 is 13.4 Å². The molecule has 0 unspecified atom stereocenters. The Morgan fingerprint density at radius 2 is 2.06 bits per heavy atom. The molecule has 0 saturated carbocycles. The van der Waals surface area contributed by atoms with E-state index in [0.29, 0.717) is 13.1 Å². The highest BCUT2D eigenvalue weighted by atomic mass is 32.2. The lowest BCUT2D eigenvalue weighted by atomic mass is 9.86. The topological polar surface area (TPSA) is 69.6 Å². The molecule has 1 aliphatic rings. The molecule has 0 amide bonds. The van der Waals surface area contributed by atoms with Gasteiger partial charge >= 0.3 is 7.05 Å². The lowest BCUT2D eigenvalue weighted by Crippen LogP contribution is -2.40. The minimum Gasteiger partial charge on any atom is -0.437 e. The fourth-order valence-electron chi connectivity index (χ4n) is 2.11. The van der Waals surface area contributed by atoms with E-state index in [2.05, 4.69) is 4.72 Å². The number of benzene rings is 1. The predicted molar refractivity (Wildman–Crippen MR) is 70.6 cm³/mol. The zero-order valence-corrected chi connectivity index (χ0v) is 11.1. The Kier molecular flexibility index (Phi) is 4.06. The van der Waals surface area contributed by atoms with Crippen molar-refractivity contribution in [2.45, 2.75) is 24.2 Å². The van der Waals surface area contributed by atoms with Gasteiger partial charge in [-0.05, 0) is 31.9 Å². The van der Waals surface area contributed by atoms with Gasteiger partial charge in [0.2, 0.25) is 10.0 Å². The third-order valence-electron chi connectivity index (χ3n) is 3.12. The molecule has 18 heavy (non-hydrogen) atoms. The van der Waals surface area contributed by atoms with Gasteiger partial charge in [0.1, 0.15) is 0 Å². The van der Waals surface area contributed by atoms with Crippen LogP contribution in [-0.2, 0) is 10.0 Å². The normalized spacial score (nSPS) is 21.1. The first kappa shape index (κ1) is 13.5. The van der Waals surface area contributed by atoms with Crippen molar-refractivity contribution in [3.63, 3.8) is 0 Å². The van der Waals surface area contributed by atoms with E-state index in [1.165, 1.54) is 0 Å². The molecular weight excluding hydrogens is 251 g/mol. The molecule has 2 N–H and O–H groups in total. The summed E-state index contributed by atoms with van der Waals surface area (Å²) in [4.78, 5) is 2.12. The molecule has 1 aromatic carbocycles. The third kappa shape index (κ3) is 3.11. The Balaban J connectivity index is 2.03. The second-order valence-corrected chi connectivity index (χ2v) is 6.26. The second-order valence-electron chi connectivity index (χ2n) is 4.55. The van der Waals surface area contributed by atoms with Crippen molar-refractivity contribution in [3.8, 4) is 0 Å². The third-order valence-corrected chi connectivity index (χ3v) is 4.66. The fraction of sp³-hybridized carbons (Fsp3) is 0.455. The monoisotopic (exact) mass is 268 g/mol. The minimum absolute atomic E-state index is 0.134. The van der Waals surface area contributed by atoms with Gasteiger partial charge < -0.3 is 9.83 Å². The van der Waals surface area contributed by atoms with Gasteiger partial charge in [0, 0.05) is 12.6 Å². The zero-order valence-electron chi connectivity index (χ0n) is 10.3. The van der Waals surface area contributed by atoms with E-state index >= 15 is 0 Å². The maximum atomic E-state index is 12.1. The molecule has 98 valence electrons. The quantitative estimate of drug-likeness (QED) is 0.763. The summed E-state index contributed by atoms with van der Waals surface area (Å²) in [7, 11) is -3.98. The lowest BCUT2D eigenvalue weighted by Gasteiger charge is -2.17. The number of sulfonamides is 1. The molecule has 5 nitrogen and oxygen atoms in total. The van der Waals surface area contributed by atoms with Gasteiger partial charge in [-0.25, -0.2) is 13.1 Å². The van der Waals surface area contributed by atoms with Gasteiger partial charge in [-0.3, -0.25) is 0 Å². The van der Waals surface area contributed by atoms with Crippen LogP contribution in [0.5, 0.6) is 0 Å². The molecular formula is C11H17BN2O3S. The molecule has 1 heterocycles. The average Bonchev–Trinajstić information content (AvgIpc) is 2.78. The number of rotatable bonds is 4. The molecule has 1 aliphatic heterocycles. The molecule has 0 aromatic heterocycles. The Hall–Kier alpha value is -0.885.